The first-order valence-electron chi connectivity index (χ1n) is 7.20. The molecule has 24 heavy (non-hydrogen) atoms. The Hall–Kier alpha value is -2.76. The fraction of sp³-hybridized carbons (Fsp3) is 0.167. The number of alkyl halides is 3. The number of nitrogens with one attached hydrogen (secondary N) is 1. The molecule has 0 aliphatic rings. The van der Waals surface area contributed by atoms with Crippen LogP contribution in [0.3, 0.4) is 0 Å². The van der Waals surface area contributed by atoms with E-state index >= 15 is 0 Å². The number of amides is 1. The Labute approximate surface area is 138 Å². The summed E-state index contributed by atoms with van der Waals surface area (Å²) in [5.41, 5.74) is 1.31. The molecule has 1 N–H and O–H groups in total. The van der Waals surface area contributed by atoms with Gasteiger partial charge in [0.2, 0.25) is 5.91 Å². The van der Waals surface area contributed by atoms with Gasteiger partial charge in [-0.2, -0.15) is 13.2 Å². The lowest BCUT2D eigenvalue weighted by Crippen LogP contribution is -2.14. The molecule has 2 rings (SSSR count). The number of rotatable bonds is 4. The van der Waals surface area contributed by atoms with Crippen molar-refractivity contribution in [1.82, 2.24) is 0 Å². The van der Waals surface area contributed by atoms with Crippen LogP contribution in [0.5, 0.6) is 0 Å². The van der Waals surface area contributed by atoms with Crippen LogP contribution in [0.2, 0.25) is 0 Å². The average molecular weight is 334 g/mol. The van der Waals surface area contributed by atoms with Gasteiger partial charge in [0.15, 0.2) is 0 Å². The monoisotopic (exact) mass is 334 g/mol. The second-order valence-corrected chi connectivity index (χ2v) is 5.35. The number of halogens is 3. The maximum Gasteiger partial charge on any atom is 0.416 e. The zero-order valence-electron chi connectivity index (χ0n) is 13.3. The Balaban J connectivity index is 2.06. The number of carbonyl (C=O) groups excluding carboxylic acids is 1. The minimum absolute atomic E-state index is 0.357. The number of carbonyl (C=O) groups is 1. The third-order valence-electron chi connectivity index (χ3n) is 3.31. The molecule has 0 atom stereocenters. The van der Waals surface area contributed by atoms with E-state index < -0.39 is 11.7 Å². The summed E-state index contributed by atoms with van der Waals surface area (Å²) in [6.07, 6.45) is -1.61. The summed E-state index contributed by atoms with van der Waals surface area (Å²) in [6, 6.07) is 11.9. The van der Waals surface area contributed by atoms with Gasteiger partial charge in [0.25, 0.3) is 0 Å². The van der Waals surface area contributed by atoms with E-state index in [1.54, 1.807) is 6.07 Å². The van der Waals surface area contributed by atoms with Crippen molar-refractivity contribution in [3.63, 3.8) is 0 Å². The molecule has 0 unspecified atom stereocenters. The van der Waals surface area contributed by atoms with Gasteiger partial charge in [-0.25, -0.2) is 0 Å². The first kappa shape index (κ1) is 17.6. The van der Waals surface area contributed by atoms with Crippen LogP contribution in [0.25, 0.3) is 6.08 Å². The highest BCUT2D eigenvalue weighted by Crippen LogP contribution is 2.29. The molecule has 0 bridgehead atoms. The fourth-order valence-corrected chi connectivity index (χ4v) is 2.10. The van der Waals surface area contributed by atoms with E-state index in [0.29, 0.717) is 11.3 Å². The lowest BCUT2D eigenvalue weighted by molar-refractivity contribution is -0.137. The quantitative estimate of drug-likeness (QED) is 0.839. The number of nitrogens with zero attached hydrogens (tertiary/aromatic N) is 1. The standard InChI is InChI=1S/C18H17F3N2O/c1-23(2)16-6-4-3-5-15(16)22-17(24)12-9-13-7-10-14(11-8-13)18(19,20)21/h3-12H,1-2H3,(H,22,24)/b12-9+. The molecular formula is C18H17F3N2O. The highest BCUT2D eigenvalue weighted by Gasteiger charge is 2.29. The fourth-order valence-electron chi connectivity index (χ4n) is 2.10. The number of hydrogen-bond donors (Lipinski definition) is 1. The lowest BCUT2D eigenvalue weighted by Gasteiger charge is -2.17. The van der Waals surface area contributed by atoms with Crippen LogP contribution in [0.4, 0.5) is 24.5 Å². The molecule has 0 heterocycles. The van der Waals surface area contributed by atoms with Crippen molar-refractivity contribution in [3.05, 3.63) is 65.7 Å². The van der Waals surface area contributed by atoms with Crippen molar-refractivity contribution in [2.24, 2.45) is 0 Å². The topological polar surface area (TPSA) is 32.3 Å². The summed E-state index contributed by atoms with van der Waals surface area (Å²) >= 11 is 0. The van der Waals surface area contributed by atoms with Gasteiger partial charge < -0.3 is 10.2 Å². The molecule has 0 saturated carbocycles. The smallest absolute Gasteiger partial charge is 0.376 e. The van der Waals surface area contributed by atoms with E-state index in [2.05, 4.69) is 5.32 Å². The van der Waals surface area contributed by atoms with Crippen LogP contribution < -0.4 is 10.2 Å². The Morgan fingerprint density at radius 3 is 2.25 bits per heavy atom. The molecule has 0 aliphatic carbocycles. The number of para-hydroxylation sites is 2. The van der Waals surface area contributed by atoms with Crippen molar-refractivity contribution in [3.8, 4) is 0 Å². The van der Waals surface area contributed by atoms with Crippen LogP contribution in [-0.2, 0) is 11.0 Å². The molecule has 0 aliphatic heterocycles. The van der Waals surface area contributed by atoms with E-state index in [0.717, 1.165) is 17.8 Å². The minimum Gasteiger partial charge on any atom is -0.376 e. The van der Waals surface area contributed by atoms with Crippen LogP contribution in [0.15, 0.2) is 54.6 Å². The summed E-state index contributed by atoms with van der Waals surface area (Å²) in [5.74, 6) is -0.357. The summed E-state index contributed by atoms with van der Waals surface area (Å²) in [6.45, 7) is 0. The lowest BCUT2D eigenvalue weighted by atomic mass is 10.1. The molecule has 0 saturated heterocycles. The molecule has 126 valence electrons. The van der Waals surface area contributed by atoms with Crippen molar-refractivity contribution in [1.29, 1.82) is 0 Å². The third-order valence-corrected chi connectivity index (χ3v) is 3.31. The molecule has 3 nitrogen and oxygen atoms in total. The molecule has 0 aromatic heterocycles. The number of benzene rings is 2. The SMILES string of the molecule is CN(C)c1ccccc1NC(=O)/C=C/c1ccc(C(F)(F)F)cc1. The van der Waals surface area contributed by atoms with Crippen molar-refractivity contribution in [2.45, 2.75) is 6.18 Å². The molecule has 2 aromatic carbocycles. The van der Waals surface area contributed by atoms with Crippen LogP contribution in [0.1, 0.15) is 11.1 Å². The predicted octanol–water partition coefficient (Wildman–Crippen LogP) is 4.42. The summed E-state index contributed by atoms with van der Waals surface area (Å²) in [4.78, 5) is 13.9. The van der Waals surface area contributed by atoms with Gasteiger partial charge in [-0.15, -0.1) is 0 Å². The summed E-state index contributed by atoms with van der Waals surface area (Å²) < 4.78 is 37.5. The minimum atomic E-state index is -4.37. The van der Waals surface area contributed by atoms with Crippen molar-refractivity contribution in [2.75, 3.05) is 24.3 Å². The first-order chi connectivity index (χ1) is 11.3. The highest BCUT2D eigenvalue weighted by atomic mass is 19.4. The zero-order chi connectivity index (χ0) is 17.7. The van der Waals surface area contributed by atoms with E-state index in [-0.39, 0.29) is 5.91 Å². The van der Waals surface area contributed by atoms with E-state index in [9.17, 15) is 18.0 Å². The predicted molar refractivity (Wildman–Crippen MR) is 89.9 cm³/mol. The second kappa shape index (κ2) is 7.21. The number of anilines is 2. The summed E-state index contributed by atoms with van der Waals surface area (Å²) in [7, 11) is 3.73. The maximum absolute atomic E-state index is 12.5. The Kier molecular flexibility index (Phi) is 5.28. The molecule has 0 radical (unpaired) electrons. The Morgan fingerprint density at radius 2 is 1.67 bits per heavy atom. The number of hydrogen-bond acceptors (Lipinski definition) is 2. The zero-order valence-corrected chi connectivity index (χ0v) is 13.3. The highest BCUT2D eigenvalue weighted by molar-refractivity contribution is 6.03. The molecule has 6 heteroatoms. The normalized spacial score (nSPS) is 11.5. The van der Waals surface area contributed by atoms with E-state index in [1.165, 1.54) is 24.3 Å². The molecule has 0 spiro atoms. The van der Waals surface area contributed by atoms with Gasteiger partial charge in [0.1, 0.15) is 0 Å². The van der Waals surface area contributed by atoms with Crippen molar-refractivity contribution < 1.29 is 18.0 Å². The van der Waals surface area contributed by atoms with Gasteiger partial charge in [0.05, 0.1) is 16.9 Å². The van der Waals surface area contributed by atoms with Crippen LogP contribution in [-0.4, -0.2) is 20.0 Å². The van der Waals surface area contributed by atoms with Gasteiger partial charge in [0, 0.05) is 20.2 Å². The molecular weight excluding hydrogens is 317 g/mol. The Bertz CT molecular complexity index is 735. The molecule has 2 aromatic rings. The van der Waals surface area contributed by atoms with Gasteiger partial charge in [-0.05, 0) is 35.9 Å². The molecule has 0 fully saturated rings. The third kappa shape index (κ3) is 4.62. The van der Waals surface area contributed by atoms with E-state index in [1.807, 2.05) is 37.2 Å². The van der Waals surface area contributed by atoms with Gasteiger partial charge in [-0.3, -0.25) is 4.79 Å². The largest absolute Gasteiger partial charge is 0.416 e. The van der Waals surface area contributed by atoms with Crippen LogP contribution >= 0.6 is 0 Å². The first-order valence-corrected chi connectivity index (χ1v) is 7.20. The van der Waals surface area contributed by atoms with Gasteiger partial charge >= 0.3 is 6.18 Å². The average Bonchev–Trinajstić information content (AvgIpc) is 2.53. The van der Waals surface area contributed by atoms with Gasteiger partial charge in [-0.1, -0.05) is 24.3 Å². The van der Waals surface area contributed by atoms with Crippen LogP contribution in [0, 0.1) is 0 Å². The maximum atomic E-state index is 12.5. The molecule has 1 amide bonds. The Morgan fingerprint density at radius 1 is 1.04 bits per heavy atom. The summed E-state index contributed by atoms with van der Waals surface area (Å²) in [5, 5.41) is 2.75. The van der Waals surface area contributed by atoms with Crippen molar-refractivity contribution >= 4 is 23.4 Å². The second-order valence-electron chi connectivity index (χ2n) is 5.35. The van der Waals surface area contributed by atoms with E-state index in [4.69, 9.17) is 0 Å².